The van der Waals surface area contributed by atoms with Gasteiger partial charge < -0.3 is 5.32 Å². The van der Waals surface area contributed by atoms with Crippen LogP contribution in [-0.2, 0) is 16.6 Å². The van der Waals surface area contributed by atoms with E-state index >= 15 is 0 Å². The van der Waals surface area contributed by atoms with Crippen molar-refractivity contribution < 1.29 is 8.42 Å². The van der Waals surface area contributed by atoms with Crippen molar-refractivity contribution in [3.8, 4) is 0 Å². The van der Waals surface area contributed by atoms with E-state index in [0.717, 1.165) is 17.2 Å². The van der Waals surface area contributed by atoms with Crippen LogP contribution in [0, 0.1) is 5.92 Å². The lowest BCUT2D eigenvalue weighted by Gasteiger charge is -2.12. The summed E-state index contributed by atoms with van der Waals surface area (Å²) in [5.41, 5.74) is 0. The van der Waals surface area contributed by atoms with Gasteiger partial charge in [-0.2, -0.15) is 0 Å². The van der Waals surface area contributed by atoms with Gasteiger partial charge in [-0.25, -0.2) is 13.1 Å². The van der Waals surface area contributed by atoms with Crippen molar-refractivity contribution in [2.75, 3.05) is 7.05 Å². The first-order valence-corrected chi connectivity index (χ1v) is 8.62. The summed E-state index contributed by atoms with van der Waals surface area (Å²) in [5, 5.41) is 4.73. The molecule has 2 N–H and O–H groups in total. The molecule has 1 atom stereocenters. The molecular formula is C12H20N2O2S2. The van der Waals surface area contributed by atoms with Gasteiger partial charge >= 0.3 is 0 Å². The largest absolute Gasteiger partial charge is 0.315 e. The summed E-state index contributed by atoms with van der Waals surface area (Å²) in [6, 6.07) is 1.77. The molecular weight excluding hydrogens is 268 g/mol. The summed E-state index contributed by atoms with van der Waals surface area (Å²) in [6.07, 6.45) is 3.44. The van der Waals surface area contributed by atoms with Gasteiger partial charge in [0.25, 0.3) is 0 Å². The van der Waals surface area contributed by atoms with Crippen molar-refractivity contribution >= 4 is 21.4 Å². The summed E-state index contributed by atoms with van der Waals surface area (Å²) >= 11 is 1.47. The van der Waals surface area contributed by atoms with Crippen molar-refractivity contribution in [2.24, 2.45) is 5.92 Å². The fourth-order valence-corrected chi connectivity index (χ4v) is 4.55. The minimum Gasteiger partial charge on any atom is -0.315 e. The van der Waals surface area contributed by atoms with E-state index in [0.29, 0.717) is 11.4 Å². The second-order valence-corrected chi connectivity index (χ2v) is 7.69. The van der Waals surface area contributed by atoms with E-state index in [-0.39, 0.29) is 6.04 Å². The molecule has 2 rings (SSSR count). The Kier molecular flexibility index (Phi) is 4.42. The number of sulfonamides is 1. The lowest BCUT2D eigenvalue weighted by molar-refractivity contribution is 0.530. The molecule has 6 heteroatoms. The van der Waals surface area contributed by atoms with Crippen LogP contribution in [0.5, 0.6) is 0 Å². The van der Waals surface area contributed by atoms with E-state index in [1.807, 2.05) is 14.0 Å². The van der Waals surface area contributed by atoms with Crippen molar-refractivity contribution in [2.45, 2.75) is 43.7 Å². The lowest BCUT2D eigenvalue weighted by Crippen LogP contribution is -2.32. The molecule has 0 amide bonds. The van der Waals surface area contributed by atoms with Gasteiger partial charge in [0.2, 0.25) is 10.0 Å². The zero-order valence-electron chi connectivity index (χ0n) is 10.8. The number of thiophene rings is 1. The van der Waals surface area contributed by atoms with Crippen molar-refractivity contribution in [1.82, 2.24) is 10.0 Å². The molecule has 4 nitrogen and oxygen atoms in total. The van der Waals surface area contributed by atoms with E-state index in [1.54, 1.807) is 11.4 Å². The Hall–Kier alpha value is -0.430. The lowest BCUT2D eigenvalue weighted by atomic mass is 10.2. The third-order valence-electron chi connectivity index (χ3n) is 3.03. The number of hydrogen-bond acceptors (Lipinski definition) is 4. The van der Waals surface area contributed by atoms with Crippen LogP contribution in [0.2, 0.25) is 0 Å². The Labute approximate surface area is 113 Å². The van der Waals surface area contributed by atoms with Gasteiger partial charge in [-0.05, 0) is 32.4 Å². The molecule has 102 valence electrons. The van der Waals surface area contributed by atoms with Gasteiger partial charge in [0.15, 0.2) is 0 Å². The highest BCUT2D eigenvalue weighted by molar-refractivity contribution is 7.89. The van der Waals surface area contributed by atoms with Crippen LogP contribution in [0.3, 0.4) is 0 Å². The molecule has 1 saturated carbocycles. The molecule has 1 unspecified atom stereocenters. The summed E-state index contributed by atoms with van der Waals surface area (Å²) in [6.45, 7) is 2.65. The van der Waals surface area contributed by atoms with Crippen molar-refractivity contribution in [3.63, 3.8) is 0 Å². The molecule has 0 radical (unpaired) electrons. The van der Waals surface area contributed by atoms with Crippen LogP contribution in [0.15, 0.2) is 16.3 Å². The SMILES string of the molecule is CNCc1cc(S(=O)(=O)NC(C)CC2CC2)cs1. The van der Waals surface area contributed by atoms with Gasteiger partial charge in [-0.1, -0.05) is 12.8 Å². The van der Waals surface area contributed by atoms with E-state index in [4.69, 9.17) is 0 Å². The molecule has 0 bridgehead atoms. The van der Waals surface area contributed by atoms with Gasteiger partial charge in [0.1, 0.15) is 0 Å². The Bertz CT molecular complexity index is 492. The zero-order valence-corrected chi connectivity index (χ0v) is 12.4. The predicted octanol–water partition coefficient (Wildman–Crippen LogP) is 1.93. The molecule has 1 aliphatic rings. The first-order valence-electron chi connectivity index (χ1n) is 6.25. The fourth-order valence-electron chi connectivity index (χ4n) is 2.00. The number of rotatable bonds is 7. The van der Waals surface area contributed by atoms with Crippen molar-refractivity contribution in [3.05, 3.63) is 16.3 Å². The van der Waals surface area contributed by atoms with E-state index < -0.39 is 10.0 Å². The second-order valence-electron chi connectivity index (χ2n) is 4.98. The van der Waals surface area contributed by atoms with Crippen LogP contribution in [0.4, 0.5) is 0 Å². The third kappa shape index (κ3) is 3.78. The Morgan fingerprint density at radius 2 is 2.22 bits per heavy atom. The Morgan fingerprint density at radius 3 is 2.83 bits per heavy atom. The normalized spacial score (nSPS) is 17.9. The van der Waals surface area contributed by atoms with Crippen molar-refractivity contribution in [1.29, 1.82) is 0 Å². The van der Waals surface area contributed by atoms with Gasteiger partial charge in [0.05, 0.1) is 4.90 Å². The smallest absolute Gasteiger partial charge is 0.241 e. The molecule has 1 fully saturated rings. The Morgan fingerprint density at radius 1 is 1.50 bits per heavy atom. The average Bonchev–Trinajstić information content (AvgIpc) is 2.94. The van der Waals surface area contributed by atoms with Crippen LogP contribution in [0.25, 0.3) is 0 Å². The highest BCUT2D eigenvalue weighted by Gasteiger charge is 2.26. The van der Waals surface area contributed by atoms with E-state index in [1.165, 1.54) is 24.2 Å². The summed E-state index contributed by atoms with van der Waals surface area (Å²) in [4.78, 5) is 1.42. The maximum atomic E-state index is 12.1. The highest BCUT2D eigenvalue weighted by Crippen LogP contribution is 2.33. The molecule has 0 aromatic carbocycles. The van der Waals surface area contributed by atoms with E-state index in [9.17, 15) is 8.42 Å². The second kappa shape index (κ2) is 5.69. The number of nitrogens with one attached hydrogen (secondary N) is 2. The van der Waals surface area contributed by atoms with Gasteiger partial charge in [-0.3, -0.25) is 0 Å². The minimum absolute atomic E-state index is 0.0233. The first kappa shape index (κ1) is 14.0. The molecule has 0 aliphatic heterocycles. The molecule has 18 heavy (non-hydrogen) atoms. The van der Waals surface area contributed by atoms with E-state index in [2.05, 4.69) is 10.0 Å². The minimum atomic E-state index is -3.34. The molecule has 1 aromatic rings. The highest BCUT2D eigenvalue weighted by atomic mass is 32.2. The zero-order chi connectivity index (χ0) is 13.2. The number of hydrogen-bond donors (Lipinski definition) is 2. The Balaban J connectivity index is 1.99. The summed E-state index contributed by atoms with van der Waals surface area (Å²) in [7, 11) is -1.49. The summed E-state index contributed by atoms with van der Waals surface area (Å²) < 4.78 is 27.0. The third-order valence-corrected chi connectivity index (χ3v) is 5.69. The molecule has 1 aromatic heterocycles. The molecule has 1 heterocycles. The monoisotopic (exact) mass is 288 g/mol. The summed E-state index contributed by atoms with van der Waals surface area (Å²) in [5.74, 6) is 0.727. The topological polar surface area (TPSA) is 58.2 Å². The molecule has 0 spiro atoms. The van der Waals surface area contributed by atoms with Crippen LogP contribution in [-0.4, -0.2) is 21.5 Å². The average molecular weight is 288 g/mol. The quantitative estimate of drug-likeness (QED) is 0.806. The first-order chi connectivity index (χ1) is 8.51. The van der Waals surface area contributed by atoms with Gasteiger partial charge in [-0.15, -0.1) is 11.3 Å². The maximum absolute atomic E-state index is 12.1. The standard InChI is InChI=1S/C12H20N2O2S2/c1-9(5-10-3-4-10)14-18(15,16)12-6-11(7-13-2)17-8-12/h6,8-10,13-14H,3-5,7H2,1-2H3. The van der Waals surface area contributed by atoms with Gasteiger partial charge in [0, 0.05) is 22.8 Å². The molecule has 1 aliphatic carbocycles. The predicted molar refractivity (Wildman–Crippen MR) is 74.2 cm³/mol. The molecule has 0 saturated heterocycles. The van der Waals surface area contributed by atoms with Crippen LogP contribution >= 0.6 is 11.3 Å². The maximum Gasteiger partial charge on any atom is 0.241 e. The van der Waals surface area contributed by atoms with Crippen LogP contribution < -0.4 is 10.0 Å². The fraction of sp³-hybridized carbons (Fsp3) is 0.667. The van der Waals surface area contributed by atoms with Crippen LogP contribution in [0.1, 0.15) is 31.1 Å².